The van der Waals surface area contributed by atoms with E-state index in [2.05, 4.69) is 22.6 Å². The minimum absolute atomic E-state index is 0.125. The van der Waals surface area contributed by atoms with Gasteiger partial charge in [-0.25, -0.2) is 0 Å². The first kappa shape index (κ1) is 27.3. The highest BCUT2D eigenvalue weighted by Gasteiger charge is 2.67. The number of carbonyl (C=O) groups excluding carboxylic acids is 3. The molecule has 10 nitrogen and oxygen atoms in total. The van der Waals surface area contributed by atoms with Crippen molar-refractivity contribution in [1.82, 2.24) is 0 Å². The molecule has 2 aliphatic rings. The fraction of sp³-hybridized carbons (Fsp3) is 0.600. The van der Waals surface area contributed by atoms with Crippen LogP contribution in [0.5, 0.6) is 0 Å². The van der Waals surface area contributed by atoms with Crippen LogP contribution in [0.15, 0.2) is 25.3 Å². The van der Waals surface area contributed by atoms with Gasteiger partial charge in [-0.05, 0) is 19.8 Å². The molecule has 0 aromatic rings. The molecule has 0 aromatic heterocycles. The highest BCUT2D eigenvalue weighted by molar-refractivity contribution is 6.04. The minimum Gasteiger partial charge on any atom is -0.480 e. The molecule has 2 rings (SSSR count). The number of ether oxygens (including phenoxy) is 3. The first-order chi connectivity index (χ1) is 14.1. The second kappa shape index (κ2) is 12.1. The molecule has 0 radical (unpaired) electrons. The maximum absolute atomic E-state index is 11.5. The summed E-state index contributed by atoms with van der Waals surface area (Å²) >= 11 is 0. The summed E-state index contributed by atoms with van der Waals surface area (Å²) < 4.78 is 13.8. The number of carboxylic acids is 1. The molecule has 4 unspecified atom stereocenters. The number of aliphatic hydroxyl groups is 2. The summed E-state index contributed by atoms with van der Waals surface area (Å²) in [6, 6.07) is 0. The minimum atomic E-state index is -1.34. The Kier molecular flexibility index (Phi) is 11.0. The van der Waals surface area contributed by atoms with Gasteiger partial charge < -0.3 is 29.5 Å². The van der Waals surface area contributed by atoms with E-state index in [-0.39, 0.29) is 31.7 Å². The third-order valence-corrected chi connectivity index (χ3v) is 4.82. The molecule has 2 fully saturated rings. The van der Waals surface area contributed by atoms with Crippen molar-refractivity contribution in [3.05, 3.63) is 25.3 Å². The van der Waals surface area contributed by atoms with E-state index in [1.165, 1.54) is 20.3 Å². The van der Waals surface area contributed by atoms with Gasteiger partial charge in [0.25, 0.3) is 0 Å². The molecular formula is C20H30O10. The summed E-state index contributed by atoms with van der Waals surface area (Å²) in [6.45, 7) is 8.73. The number of carboxylic acid groups (broad SMARTS) is 1. The third-order valence-electron chi connectivity index (χ3n) is 4.82. The number of allylic oxidation sites excluding steroid dienone is 2. The quantitative estimate of drug-likeness (QED) is 0.212. The van der Waals surface area contributed by atoms with Gasteiger partial charge in [-0.1, -0.05) is 12.2 Å². The average Bonchev–Trinajstić information content (AvgIpc) is 3.66. The van der Waals surface area contributed by atoms with Crippen molar-refractivity contribution in [2.24, 2.45) is 22.7 Å². The van der Waals surface area contributed by atoms with Crippen LogP contribution in [-0.4, -0.2) is 73.2 Å². The lowest BCUT2D eigenvalue weighted by atomic mass is 10.0. The van der Waals surface area contributed by atoms with Crippen LogP contribution in [0.1, 0.15) is 19.8 Å². The summed E-state index contributed by atoms with van der Waals surface area (Å²) in [5.74, 6) is -3.26. The predicted octanol–water partition coefficient (Wildman–Crippen LogP) is 0.322. The molecule has 0 heterocycles. The van der Waals surface area contributed by atoms with Crippen molar-refractivity contribution in [3.8, 4) is 0 Å². The number of hydrogen-bond donors (Lipinski definition) is 3. The van der Waals surface area contributed by atoms with Crippen LogP contribution >= 0.6 is 0 Å². The number of methoxy groups -OCH3 is 2. The van der Waals surface area contributed by atoms with Crippen molar-refractivity contribution in [3.63, 3.8) is 0 Å². The molecule has 30 heavy (non-hydrogen) atoms. The summed E-state index contributed by atoms with van der Waals surface area (Å²) in [4.78, 5) is 44.7. The first-order valence-electron chi connectivity index (χ1n) is 9.18. The standard InChI is InChI=1S/C10H14O4.C8H10O4.C2H6O2/c1-4-7-6-10(7,8(11)13-3)9(12)14-5-2;1-3-5-4-8(5,6(9)10)7(11)12-2;3-1-2-4/h4,7H,1,5-6H2,2-3H3;3,5H,1,4H2,2H3,(H,9,10);3-4H,1-2H2. The van der Waals surface area contributed by atoms with E-state index >= 15 is 0 Å². The van der Waals surface area contributed by atoms with Crippen molar-refractivity contribution in [2.75, 3.05) is 34.0 Å². The molecule has 0 amide bonds. The molecule has 0 spiro atoms. The summed E-state index contributed by atoms with van der Waals surface area (Å²) in [5.41, 5.74) is -2.44. The van der Waals surface area contributed by atoms with Crippen LogP contribution in [0.2, 0.25) is 0 Å². The smallest absolute Gasteiger partial charge is 0.324 e. The highest BCUT2D eigenvalue weighted by atomic mass is 16.6. The van der Waals surface area contributed by atoms with Gasteiger partial charge >= 0.3 is 23.9 Å². The van der Waals surface area contributed by atoms with Crippen molar-refractivity contribution in [1.29, 1.82) is 0 Å². The normalized spacial score (nSPS) is 27.5. The van der Waals surface area contributed by atoms with Gasteiger partial charge in [0.15, 0.2) is 10.8 Å². The van der Waals surface area contributed by atoms with Gasteiger partial charge in [0, 0.05) is 11.8 Å². The van der Waals surface area contributed by atoms with E-state index < -0.39 is 34.7 Å². The fourth-order valence-electron chi connectivity index (χ4n) is 2.89. The Morgan fingerprint density at radius 3 is 1.57 bits per heavy atom. The van der Waals surface area contributed by atoms with Gasteiger partial charge in [0.1, 0.15) is 0 Å². The molecule has 2 saturated carbocycles. The first-order valence-corrected chi connectivity index (χ1v) is 9.18. The number of rotatable bonds is 8. The average molecular weight is 430 g/mol. The van der Waals surface area contributed by atoms with E-state index in [0.29, 0.717) is 12.8 Å². The van der Waals surface area contributed by atoms with E-state index in [0.717, 1.165) is 0 Å². The van der Waals surface area contributed by atoms with Crippen LogP contribution in [0.25, 0.3) is 0 Å². The second-order valence-electron chi connectivity index (χ2n) is 6.49. The van der Waals surface area contributed by atoms with E-state index in [1.54, 1.807) is 13.0 Å². The Bertz CT molecular complexity index is 656. The van der Waals surface area contributed by atoms with Crippen LogP contribution < -0.4 is 0 Å². The van der Waals surface area contributed by atoms with Gasteiger partial charge in [0.05, 0.1) is 34.0 Å². The molecule has 3 N–H and O–H groups in total. The Hall–Kier alpha value is -2.72. The molecule has 0 aromatic carbocycles. The number of carbonyl (C=O) groups is 4. The van der Waals surface area contributed by atoms with Gasteiger partial charge in [-0.2, -0.15) is 0 Å². The molecule has 4 atom stereocenters. The molecule has 0 bridgehead atoms. The number of aliphatic carboxylic acids is 1. The molecule has 10 heteroatoms. The van der Waals surface area contributed by atoms with E-state index in [4.69, 9.17) is 20.1 Å². The zero-order valence-electron chi connectivity index (χ0n) is 17.5. The van der Waals surface area contributed by atoms with Crippen LogP contribution in [0.4, 0.5) is 0 Å². The van der Waals surface area contributed by atoms with Gasteiger partial charge in [-0.15, -0.1) is 13.2 Å². The van der Waals surface area contributed by atoms with Crippen LogP contribution in [0.3, 0.4) is 0 Å². The molecular weight excluding hydrogens is 400 g/mol. The van der Waals surface area contributed by atoms with Crippen molar-refractivity contribution >= 4 is 23.9 Å². The van der Waals surface area contributed by atoms with Crippen molar-refractivity contribution in [2.45, 2.75) is 19.8 Å². The third kappa shape index (κ3) is 5.67. The summed E-state index contributed by atoms with van der Waals surface area (Å²) in [6.07, 6.45) is 3.82. The Morgan fingerprint density at radius 2 is 1.30 bits per heavy atom. The SMILES string of the molecule is C=CC1CC1(C(=O)O)C(=O)OC.C=CC1CC1(C(=O)OC)C(=O)OCC.OCCO. The maximum atomic E-state index is 11.5. The fourth-order valence-corrected chi connectivity index (χ4v) is 2.89. The monoisotopic (exact) mass is 430 g/mol. The zero-order valence-corrected chi connectivity index (χ0v) is 17.5. The molecule has 0 aliphatic heterocycles. The summed E-state index contributed by atoms with van der Waals surface area (Å²) in [7, 11) is 2.45. The molecule has 0 saturated heterocycles. The maximum Gasteiger partial charge on any atom is 0.324 e. The largest absolute Gasteiger partial charge is 0.480 e. The Labute approximate surface area is 175 Å². The Morgan fingerprint density at radius 1 is 0.900 bits per heavy atom. The Balaban J connectivity index is 0.000000481. The van der Waals surface area contributed by atoms with E-state index in [1.807, 2.05) is 0 Å². The molecule has 2 aliphatic carbocycles. The lowest BCUT2D eigenvalue weighted by Crippen LogP contribution is -2.30. The topological polar surface area (TPSA) is 157 Å². The highest BCUT2D eigenvalue weighted by Crippen LogP contribution is 2.55. The van der Waals surface area contributed by atoms with E-state index in [9.17, 15) is 19.2 Å². The summed E-state index contributed by atoms with van der Waals surface area (Å²) in [5, 5.41) is 24.0. The molecule has 170 valence electrons. The van der Waals surface area contributed by atoms with Crippen LogP contribution in [0, 0.1) is 22.7 Å². The number of esters is 3. The number of aliphatic hydroxyl groups excluding tert-OH is 2. The van der Waals surface area contributed by atoms with Gasteiger partial charge in [0.2, 0.25) is 0 Å². The lowest BCUT2D eigenvalue weighted by molar-refractivity contribution is -0.164. The second-order valence-corrected chi connectivity index (χ2v) is 6.49. The lowest BCUT2D eigenvalue weighted by Gasteiger charge is -2.11. The number of hydrogen-bond acceptors (Lipinski definition) is 9. The van der Waals surface area contributed by atoms with Gasteiger partial charge in [-0.3, -0.25) is 19.2 Å². The zero-order chi connectivity index (χ0) is 23.5. The van der Waals surface area contributed by atoms with Crippen molar-refractivity contribution < 1.29 is 48.7 Å². The van der Waals surface area contributed by atoms with Crippen LogP contribution in [-0.2, 0) is 33.4 Å². The predicted molar refractivity (Wildman–Crippen MR) is 104 cm³/mol.